The summed E-state index contributed by atoms with van der Waals surface area (Å²) >= 11 is 0. The minimum Gasteiger partial charge on any atom is -0.476 e. The minimum absolute atomic E-state index is 0.0640. The van der Waals surface area contributed by atoms with Crippen LogP contribution >= 0.6 is 0 Å². The molecular formula is C14H17N3O3. The summed E-state index contributed by atoms with van der Waals surface area (Å²) in [5.41, 5.74) is 0.749. The molecule has 6 heteroatoms. The third-order valence-corrected chi connectivity index (χ3v) is 2.76. The zero-order valence-electron chi connectivity index (χ0n) is 11.5. The van der Waals surface area contributed by atoms with Crippen LogP contribution in [0.2, 0.25) is 0 Å². The van der Waals surface area contributed by atoms with E-state index in [0.29, 0.717) is 24.0 Å². The number of ether oxygens (including phenoxy) is 1. The van der Waals surface area contributed by atoms with Crippen molar-refractivity contribution in [2.75, 3.05) is 13.2 Å². The van der Waals surface area contributed by atoms with E-state index in [0.717, 1.165) is 11.9 Å². The first kappa shape index (κ1) is 14.2. The number of aromatic nitrogens is 1. The van der Waals surface area contributed by atoms with Crippen molar-refractivity contribution >= 4 is 16.6 Å². The van der Waals surface area contributed by atoms with Crippen molar-refractivity contribution in [3.05, 3.63) is 40.4 Å². The van der Waals surface area contributed by atoms with E-state index in [1.54, 1.807) is 18.2 Å². The lowest BCUT2D eigenvalue weighted by atomic mass is 10.2. The summed E-state index contributed by atoms with van der Waals surface area (Å²) in [7, 11) is 0. The Morgan fingerprint density at radius 3 is 2.85 bits per heavy atom. The molecule has 0 saturated heterocycles. The third-order valence-electron chi connectivity index (χ3n) is 2.76. The fraction of sp³-hybridized carbons (Fsp3) is 0.357. The van der Waals surface area contributed by atoms with Gasteiger partial charge in [-0.2, -0.15) is 0 Å². The summed E-state index contributed by atoms with van der Waals surface area (Å²) in [5, 5.41) is 14.7. The summed E-state index contributed by atoms with van der Waals surface area (Å²) in [6, 6.07) is 8.50. The fourth-order valence-corrected chi connectivity index (χ4v) is 1.79. The van der Waals surface area contributed by atoms with E-state index in [4.69, 9.17) is 4.74 Å². The van der Waals surface area contributed by atoms with Gasteiger partial charge in [0.15, 0.2) is 0 Å². The van der Waals surface area contributed by atoms with E-state index >= 15 is 0 Å². The largest absolute Gasteiger partial charge is 0.476 e. The monoisotopic (exact) mass is 275 g/mol. The second kappa shape index (κ2) is 6.29. The van der Waals surface area contributed by atoms with Gasteiger partial charge in [-0.05, 0) is 12.1 Å². The molecular weight excluding hydrogens is 258 g/mol. The molecule has 0 aliphatic heterocycles. The van der Waals surface area contributed by atoms with Gasteiger partial charge < -0.3 is 10.1 Å². The first-order valence-corrected chi connectivity index (χ1v) is 6.47. The van der Waals surface area contributed by atoms with Gasteiger partial charge in [0.2, 0.25) is 5.88 Å². The normalized spacial score (nSPS) is 10.9. The summed E-state index contributed by atoms with van der Waals surface area (Å²) in [6.07, 6.45) is 0. The van der Waals surface area contributed by atoms with Crippen LogP contribution in [0.4, 0.5) is 5.69 Å². The van der Waals surface area contributed by atoms with Gasteiger partial charge >= 0.3 is 0 Å². The van der Waals surface area contributed by atoms with Crippen molar-refractivity contribution in [1.29, 1.82) is 0 Å². The molecule has 0 radical (unpaired) electrons. The van der Waals surface area contributed by atoms with E-state index in [-0.39, 0.29) is 5.69 Å². The van der Waals surface area contributed by atoms with Crippen LogP contribution < -0.4 is 10.1 Å². The lowest BCUT2D eigenvalue weighted by Gasteiger charge is -2.09. The first-order valence-electron chi connectivity index (χ1n) is 6.47. The Morgan fingerprint density at radius 2 is 2.15 bits per heavy atom. The van der Waals surface area contributed by atoms with E-state index in [9.17, 15) is 10.1 Å². The molecule has 2 aromatic rings. The lowest BCUT2D eigenvalue weighted by Crippen LogP contribution is -2.27. The molecule has 0 amide bonds. The zero-order chi connectivity index (χ0) is 14.5. The number of fused-ring (bicyclic) bond motifs is 1. The van der Waals surface area contributed by atoms with Crippen LogP contribution in [0.3, 0.4) is 0 Å². The van der Waals surface area contributed by atoms with Crippen molar-refractivity contribution in [3.63, 3.8) is 0 Å². The lowest BCUT2D eigenvalue weighted by molar-refractivity contribution is -0.384. The van der Waals surface area contributed by atoms with Gasteiger partial charge in [-0.25, -0.2) is 4.98 Å². The molecule has 1 aromatic heterocycles. The Bertz CT molecular complexity index is 614. The maximum atomic E-state index is 10.7. The molecule has 6 nitrogen and oxygen atoms in total. The Morgan fingerprint density at radius 1 is 1.35 bits per heavy atom. The fourth-order valence-electron chi connectivity index (χ4n) is 1.79. The van der Waals surface area contributed by atoms with Gasteiger partial charge in [-0.15, -0.1) is 0 Å². The molecule has 0 saturated carbocycles. The number of rotatable bonds is 6. The molecule has 0 aliphatic rings. The molecule has 20 heavy (non-hydrogen) atoms. The minimum atomic E-state index is -0.415. The highest BCUT2D eigenvalue weighted by Crippen LogP contribution is 2.21. The number of benzene rings is 1. The van der Waals surface area contributed by atoms with E-state index in [2.05, 4.69) is 24.1 Å². The SMILES string of the molecule is CC(C)NCCOc1ccc2cc([N+](=O)[O-])ccc2n1. The standard InChI is InChI=1S/C14H17N3O3/c1-10(2)15-7-8-20-14-6-3-11-9-12(17(18)19)4-5-13(11)16-14/h3-6,9-10,15H,7-8H2,1-2H3. The molecule has 1 N–H and O–H groups in total. The Labute approximate surface area is 116 Å². The summed E-state index contributed by atoms with van der Waals surface area (Å²) in [4.78, 5) is 14.6. The Hall–Kier alpha value is -2.21. The van der Waals surface area contributed by atoms with E-state index in [1.807, 2.05) is 0 Å². The maximum Gasteiger partial charge on any atom is 0.270 e. The van der Waals surface area contributed by atoms with Crippen molar-refractivity contribution in [2.45, 2.75) is 19.9 Å². The first-order chi connectivity index (χ1) is 9.56. The van der Waals surface area contributed by atoms with E-state index in [1.165, 1.54) is 12.1 Å². The third kappa shape index (κ3) is 3.64. The molecule has 2 rings (SSSR count). The number of nitrogens with zero attached hydrogens (tertiary/aromatic N) is 2. The molecule has 0 fully saturated rings. The van der Waals surface area contributed by atoms with Gasteiger partial charge in [-0.1, -0.05) is 13.8 Å². The predicted octanol–water partition coefficient (Wildman–Crippen LogP) is 2.52. The molecule has 106 valence electrons. The molecule has 1 heterocycles. The highest BCUT2D eigenvalue weighted by molar-refractivity contribution is 5.81. The maximum absolute atomic E-state index is 10.7. The number of pyridine rings is 1. The Balaban J connectivity index is 2.06. The summed E-state index contributed by atoms with van der Waals surface area (Å²) in [6.45, 7) is 5.42. The molecule has 0 bridgehead atoms. The van der Waals surface area contributed by atoms with Crippen molar-refractivity contribution < 1.29 is 9.66 Å². The molecule has 0 aliphatic carbocycles. The van der Waals surface area contributed by atoms with Gasteiger partial charge in [0.1, 0.15) is 6.61 Å². The van der Waals surface area contributed by atoms with Gasteiger partial charge in [-0.3, -0.25) is 10.1 Å². The topological polar surface area (TPSA) is 77.3 Å². The predicted molar refractivity (Wildman–Crippen MR) is 77.0 cm³/mol. The average molecular weight is 275 g/mol. The summed E-state index contributed by atoms with van der Waals surface area (Å²) < 4.78 is 5.53. The van der Waals surface area contributed by atoms with Crippen LogP contribution in [-0.4, -0.2) is 29.1 Å². The molecule has 0 spiro atoms. The van der Waals surface area contributed by atoms with E-state index < -0.39 is 4.92 Å². The summed E-state index contributed by atoms with van der Waals surface area (Å²) in [5.74, 6) is 0.525. The molecule has 1 aromatic carbocycles. The number of hydrogen-bond donors (Lipinski definition) is 1. The van der Waals surface area contributed by atoms with Crippen LogP contribution in [0.25, 0.3) is 10.9 Å². The smallest absolute Gasteiger partial charge is 0.270 e. The number of nitro benzene ring substituents is 1. The number of non-ortho nitro benzene ring substituents is 1. The highest BCUT2D eigenvalue weighted by Gasteiger charge is 2.07. The number of hydrogen-bond acceptors (Lipinski definition) is 5. The number of nitrogens with one attached hydrogen (secondary N) is 1. The Kier molecular flexibility index (Phi) is 4.47. The molecule has 0 unspecified atom stereocenters. The average Bonchev–Trinajstić information content (AvgIpc) is 2.42. The second-order valence-electron chi connectivity index (χ2n) is 4.74. The quantitative estimate of drug-likeness (QED) is 0.498. The second-order valence-corrected chi connectivity index (χ2v) is 4.74. The van der Waals surface area contributed by atoms with Crippen molar-refractivity contribution in [1.82, 2.24) is 10.3 Å². The van der Waals surface area contributed by atoms with Crippen LogP contribution in [0, 0.1) is 10.1 Å². The zero-order valence-corrected chi connectivity index (χ0v) is 11.5. The van der Waals surface area contributed by atoms with Gasteiger partial charge in [0, 0.05) is 36.2 Å². The molecule has 0 atom stereocenters. The van der Waals surface area contributed by atoms with Gasteiger partial charge in [0.25, 0.3) is 5.69 Å². The van der Waals surface area contributed by atoms with Crippen molar-refractivity contribution in [2.24, 2.45) is 0 Å². The van der Waals surface area contributed by atoms with Gasteiger partial charge in [0.05, 0.1) is 10.4 Å². The number of nitro groups is 1. The highest BCUT2D eigenvalue weighted by atomic mass is 16.6. The van der Waals surface area contributed by atoms with Crippen LogP contribution in [-0.2, 0) is 0 Å². The van der Waals surface area contributed by atoms with Crippen LogP contribution in [0.5, 0.6) is 5.88 Å². The van der Waals surface area contributed by atoms with Crippen LogP contribution in [0.1, 0.15) is 13.8 Å². The van der Waals surface area contributed by atoms with Crippen molar-refractivity contribution in [3.8, 4) is 5.88 Å². The van der Waals surface area contributed by atoms with Crippen LogP contribution in [0.15, 0.2) is 30.3 Å².